The van der Waals surface area contributed by atoms with Gasteiger partial charge in [-0.25, -0.2) is 4.39 Å². The van der Waals surface area contributed by atoms with E-state index in [0.717, 1.165) is 37.7 Å². The molecule has 1 amide bonds. The Balaban J connectivity index is 1.39. The van der Waals surface area contributed by atoms with Gasteiger partial charge in [0.15, 0.2) is 18.1 Å². The smallest absolute Gasteiger partial charge is 0.262 e. The number of anilines is 2. The molecule has 1 aliphatic heterocycles. The third kappa shape index (κ3) is 6.71. The molecular formula is C26H25ClFN3O4. The number of halogens is 2. The monoisotopic (exact) mass is 497 g/mol. The summed E-state index contributed by atoms with van der Waals surface area (Å²) in [5.74, 6) is -0.183. The molecule has 7 nitrogen and oxygen atoms in total. The van der Waals surface area contributed by atoms with Crippen molar-refractivity contribution >= 4 is 40.8 Å². The van der Waals surface area contributed by atoms with Gasteiger partial charge in [0.1, 0.15) is 5.82 Å². The average molecular weight is 498 g/mol. The number of ether oxygens (including phenoxy) is 3. The molecule has 3 aromatic rings. The van der Waals surface area contributed by atoms with Crippen molar-refractivity contribution in [2.75, 3.05) is 50.2 Å². The minimum Gasteiger partial charge on any atom is -0.493 e. The SMILES string of the molecule is COc1cc(C=Nc2ccc(N3CCOCC3)cc2)cc(Cl)c1OCC(=O)Nc1ccc(F)cc1. The summed E-state index contributed by atoms with van der Waals surface area (Å²) in [6.07, 6.45) is 1.68. The Labute approximate surface area is 208 Å². The Morgan fingerprint density at radius 3 is 2.54 bits per heavy atom. The lowest BCUT2D eigenvalue weighted by molar-refractivity contribution is -0.118. The zero-order valence-corrected chi connectivity index (χ0v) is 19.9. The number of amides is 1. The highest BCUT2D eigenvalue weighted by atomic mass is 35.5. The number of carbonyl (C=O) groups is 1. The minimum absolute atomic E-state index is 0.246. The van der Waals surface area contributed by atoms with Crippen molar-refractivity contribution in [1.29, 1.82) is 0 Å². The first kappa shape index (κ1) is 24.5. The highest BCUT2D eigenvalue weighted by Crippen LogP contribution is 2.36. The number of morpholine rings is 1. The standard InChI is InChI=1S/C26H25ClFN3O4/c1-33-24-15-18(16-29-20-6-8-22(9-7-20)31-10-12-34-13-11-31)14-23(27)26(24)35-17-25(32)30-21-4-2-19(28)3-5-21/h2-9,14-16H,10-13,17H2,1H3,(H,30,32). The van der Waals surface area contributed by atoms with E-state index in [1.807, 2.05) is 24.3 Å². The molecule has 0 saturated carbocycles. The Bertz CT molecular complexity index is 1180. The summed E-state index contributed by atoms with van der Waals surface area (Å²) in [5.41, 5.74) is 3.12. The molecule has 3 aromatic carbocycles. The number of nitrogens with zero attached hydrogens (tertiary/aromatic N) is 2. The molecule has 182 valence electrons. The van der Waals surface area contributed by atoms with Crippen molar-refractivity contribution < 1.29 is 23.4 Å². The molecule has 1 saturated heterocycles. The number of hydrogen-bond acceptors (Lipinski definition) is 6. The van der Waals surface area contributed by atoms with Crippen molar-refractivity contribution in [3.8, 4) is 11.5 Å². The van der Waals surface area contributed by atoms with Gasteiger partial charge >= 0.3 is 0 Å². The van der Waals surface area contributed by atoms with Crippen LogP contribution in [0.1, 0.15) is 5.56 Å². The van der Waals surface area contributed by atoms with Gasteiger partial charge in [-0.3, -0.25) is 9.79 Å². The van der Waals surface area contributed by atoms with Gasteiger partial charge in [0.2, 0.25) is 0 Å². The van der Waals surface area contributed by atoms with Crippen molar-refractivity contribution in [3.63, 3.8) is 0 Å². The number of benzene rings is 3. The van der Waals surface area contributed by atoms with Crippen molar-refractivity contribution in [2.24, 2.45) is 4.99 Å². The van der Waals surface area contributed by atoms with E-state index in [4.69, 9.17) is 25.8 Å². The summed E-state index contributed by atoms with van der Waals surface area (Å²) in [4.78, 5) is 19.0. The fourth-order valence-corrected chi connectivity index (χ4v) is 3.82. The molecule has 0 bridgehead atoms. The average Bonchev–Trinajstić information content (AvgIpc) is 2.88. The van der Waals surface area contributed by atoms with Crippen LogP contribution < -0.4 is 19.7 Å². The van der Waals surface area contributed by atoms with Crippen LogP contribution in [0.25, 0.3) is 0 Å². The van der Waals surface area contributed by atoms with Crippen molar-refractivity contribution in [1.82, 2.24) is 0 Å². The maximum Gasteiger partial charge on any atom is 0.262 e. The molecule has 4 rings (SSSR count). The molecule has 1 N–H and O–H groups in total. The van der Waals surface area contributed by atoms with E-state index >= 15 is 0 Å². The van der Waals surface area contributed by atoms with Gasteiger partial charge in [-0.15, -0.1) is 0 Å². The van der Waals surface area contributed by atoms with Gasteiger partial charge in [0.05, 0.1) is 31.0 Å². The second-order valence-corrected chi connectivity index (χ2v) is 8.16. The fraction of sp³-hybridized carbons (Fsp3) is 0.231. The third-order valence-corrected chi connectivity index (χ3v) is 5.60. The summed E-state index contributed by atoms with van der Waals surface area (Å²) in [6, 6.07) is 16.8. The summed E-state index contributed by atoms with van der Waals surface area (Å²) < 4.78 is 29.4. The molecule has 1 heterocycles. The summed E-state index contributed by atoms with van der Waals surface area (Å²) in [6.45, 7) is 2.94. The lowest BCUT2D eigenvalue weighted by atomic mass is 10.2. The summed E-state index contributed by atoms with van der Waals surface area (Å²) in [5, 5.41) is 2.91. The predicted molar refractivity (Wildman–Crippen MR) is 135 cm³/mol. The number of methoxy groups -OCH3 is 1. The molecular weight excluding hydrogens is 473 g/mol. The number of hydrogen-bond donors (Lipinski definition) is 1. The first-order valence-corrected chi connectivity index (χ1v) is 11.4. The number of rotatable bonds is 8. The first-order chi connectivity index (χ1) is 17.0. The van der Waals surface area contributed by atoms with Gasteiger partial charge in [-0.05, 0) is 66.2 Å². The van der Waals surface area contributed by atoms with E-state index in [1.165, 1.54) is 31.4 Å². The molecule has 1 fully saturated rings. The fourth-order valence-electron chi connectivity index (χ4n) is 3.54. The van der Waals surface area contributed by atoms with E-state index in [2.05, 4.69) is 15.2 Å². The second kappa shape index (κ2) is 11.7. The van der Waals surface area contributed by atoms with Crippen LogP contribution in [0.4, 0.5) is 21.5 Å². The third-order valence-electron chi connectivity index (χ3n) is 5.32. The molecule has 0 spiro atoms. The number of aliphatic imine (C=N–C) groups is 1. The largest absolute Gasteiger partial charge is 0.493 e. The second-order valence-electron chi connectivity index (χ2n) is 7.75. The molecule has 0 aromatic heterocycles. The van der Waals surface area contributed by atoms with Gasteiger partial charge in [0, 0.05) is 30.7 Å². The van der Waals surface area contributed by atoms with Crippen LogP contribution in [0.2, 0.25) is 5.02 Å². The normalized spacial score (nSPS) is 13.6. The van der Waals surface area contributed by atoms with Crippen LogP contribution in [0.3, 0.4) is 0 Å². The van der Waals surface area contributed by atoms with Gasteiger partial charge < -0.3 is 24.4 Å². The van der Waals surface area contributed by atoms with E-state index in [0.29, 0.717) is 17.0 Å². The molecule has 35 heavy (non-hydrogen) atoms. The molecule has 9 heteroatoms. The van der Waals surface area contributed by atoms with Crippen LogP contribution >= 0.6 is 11.6 Å². The quantitative estimate of drug-likeness (QED) is 0.439. The van der Waals surface area contributed by atoms with E-state index < -0.39 is 5.91 Å². The maximum atomic E-state index is 13.0. The molecule has 0 unspecified atom stereocenters. The Hall–Kier alpha value is -3.62. The number of nitrogens with one attached hydrogen (secondary N) is 1. The topological polar surface area (TPSA) is 72.4 Å². The Kier molecular flexibility index (Phi) is 8.18. The van der Waals surface area contributed by atoms with Gasteiger partial charge in [-0.1, -0.05) is 11.6 Å². The Morgan fingerprint density at radius 2 is 1.86 bits per heavy atom. The molecule has 0 atom stereocenters. The molecule has 0 aliphatic carbocycles. The van der Waals surface area contributed by atoms with Gasteiger partial charge in [0.25, 0.3) is 5.91 Å². The zero-order chi connectivity index (χ0) is 24.6. The number of carbonyl (C=O) groups excluding carboxylic acids is 1. The highest BCUT2D eigenvalue weighted by Gasteiger charge is 2.14. The highest BCUT2D eigenvalue weighted by molar-refractivity contribution is 6.32. The van der Waals surface area contributed by atoms with E-state index in [1.54, 1.807) is 18.3 Å². The Morgan fingerprint density at radius 1 is 1.14 bits per heavy atom. The van der Waals surface area contributed by atoms with E-state index in [9.17, 15) is 9.18 Å². The first-order valence-electron chi connectivity index (χ1n) is 11.0. The van der Waals surface area contributed by atoms with Crippen molar-refractivity contribution in [3.05, 3.63) is 77.1 Å². The molecule has 0 radical (unpaired) electrons. The summed E-state index contributed by atoms with van der Waals surface area (Å²) >= 11 is 6.41. The predicted octanol–water partition coefficient (Wildman–Crippen LogP) is 5.09. The van der Waals surface area contributed by atoms with Crippen LogP contribution in [-0.4, -0.2) is 52.1 Å². The molecule has 1 aliphatic rings. The van der Waals surface area contributed by atoms with Crippen LogP contribution in [-0.2, 0) is 9.53 Å². The van der Waals surface area contributed by atoms with Crippen LogP contribution in [0, 0.1) is 5.82 Å². The van der Waals surface area contributed by atoms with E-state index in [-0.39, 0.29) is 23.2 Å². The van der Waals surface area contributed by atoms with Gasteiger partial charge in [-0.2, -0.15) is 0 Å². The maximum absolute atomic E-state index is 13.0. The van der Waals surface area contributed by atoms with Crippen molar-refractivity contribution in [2.45, 2.75) is 0 Å². The van der Waals surface area contributed by atoms with Crippen LogP contribution in [0.15, 0.2) is 65.7 Å². The minimum atomic E-state index is -0.416. The zero-order valence-electron chi connectivity index (χ0n) is 19.2. The lowest BCUT2D eigenvalue weighted by Gasteiger charge is -2.28. The summed E-state index contributed by atoms with van der Waals surface area (Å²) in [7, 11) is 1.49. The van der Waals surface area contributed by atoms with Crippen LogP contribution in [0.5, 0.6) is 11.5 Å². The lowest BCUT2D eigenvalue weighted by Crippen LogP contribution is -2.36.